The van der Waals surface area contributed by atoms with Crippen molar-refractivity contribution in [3.8, 4) is 0 Å². The molecule has 0 fully saturated rings. The van der Waals surface area contributed by atoms with Gasteiger partial charge in [-0.25, -0.2) is 0 Å². The standard InChI is InChI=1S/C14H11ClF3N3/c1-9(10-3-2-6-19-8-10)20-21-13-7-11(14(16,17)18)4-5-12(13)15/h2-8,21H,1H3/b20-9-. The second-order valence-electron chi connectivity index (χ2n) is 4.24. The van der Waals surface area contributed by atoms with Crippen LogP contribution in [-0.2, 0) is 6.18 Å². The largest absolute Gasteiger partial charge is 0.416 e. The Morgan fingerprint density at radius 3 is 2.67 bits per heavy atom. The summed E-state index contributed by atoms with van der Waals surface area (Å²) in [6.07, 6.45) is -1.20. The number of hydrogen-bond donors (Lipinski definition) is 1. The Morgan fingerprint density at radius 2 is 2.05 bits per heavy atom. The van der Waals surface area contributed by atoms with Gasteiger partial charge in [0, 0.05) is 18.0 Å². The summed E-state index contributed by atoms with van der Waals surface area (Å²) in [5.41, 5.74) is 3.19. The zero-order valence-corrected chi connectivity index (χ0v) is 11.7. The summed E-state index contributed by atoms with van der Waals surface area (Å²) in [6, 6.07) is 6.56. The van der Waals surface area contributed by atoms with Gasteiger partial charge in [0.05, 0.1) is 22.0 Å². The number of rotatable bonds is 3. The minimum absolute atomic E-state index is 0.0923. The molecule has 21 heavy (non-hydrogen) atoms. The van der Waals surface area contributed by atoms with Crippen LogP contribution in [-0.4, -0.2) is 10.7 Å². The molecule has 0 spiro atoms. The lowest BCUT2D eigenvalue weighted by Crippen LogP contribution is -2.06. The van der Waals surface area contributed by atoms with Crippen LogP contribution < -0.4 is 5.43 Å². The average Bonchev–Trinajstić information content (AvgIpc) is 2.45. The first-order valence-electron chi connectivity index (χ1n) is 5.95. The second-order valence-corrected chi connectivity index (χ2v) is 4.65. The van der Waals surface area contributed by atoms with Crippen LogP contribution in [0.15, 0.2) is 47.8 Å². The molecule has 0 saturated carbocycles. The van der Waals surface area contributed by atoms with Crippen LogP contribution in [0.3, 0.4) is 0 Å². The highest BCUT2D eigenvalue weighted by molar-refractivity contribution is 6.33. The van der Waals surface area contributed by atoms with Crippen molar-refractivity contribution in [2.75, 3.05) is 5.43 Å². The predicted molar refractivity (Wildman–Crippen MR) is 76.5 cm³/mol. The minimum Gasteiger partial charge on any atom is -0.277 e. The Balaban J connectivity index is 2.24. The maximum Gasteiger partial charge on any atom is 0.416 e. The fourth-order valence-corrected chi connectivity index (χ4v) is 1.73. The van der Waals surface area contributed by atoms with Gasteiger partial charge in [0.25, 0.3) is 0 Å². The van der Waals surface area contributed by atoms with E-state index in [1.54, 1.807) is 31.5 Å². The van der Waals surface area contributed by atoms with Crippen molar-refractivity contribution in [1.82, 2.24) is 4.98 Å². The maximum absolute atomic E-state index is 12.6. The molecule has 1 heterocycles. The highest BCUT2D eigenvalue weighted by Gasteiger charge is 2.30. The highest BCUT2D eigenvalue weighted by Crippen LogP contribution is 2.33. The molecule has 1 N–H and O–H groups in total. The molecule has 110 valence electrons. The lowest BCUT2D eigenvalue weighted by Gasteiger charge is -2.10. The Bertz CT molecular complexity index is 654. The van der Waals surface area contributed by atoms with Crippen molar-refractivity contribution in [1.29, 1.82) is 0 Å². The quantitative estimate of drug-likeness (QED) is 0.664. The summed E-state index contributed by atoms with van der Waals surface area (Å²) in [6.45, 7) is 1.71. The molecule has 0 unspecified atom stereocenters. The normalized spacial score (nSPS) is 12.3. The summed E-state index contributed by atoms with van der Waals surface area (Å²) in [7, 11) is 0. The molecule has 0 bridgehead atoms. The summed E-state index contributed by atoms with van der Waals surface area (Å²) in [5.74, 6) is 0. The van der Waals surface area contributed by atoms with Crippen molar-refractivity contribution in [3.05, 3.63) is 58.9 Å². The van der Waals surface area contributed by atoms with Crippen LogP contribution in [0.4, 0.5) is 18.9 Å². The van der Waals surface area contributed by atoms with Gasteiger partial charge in [-0.3, -0.25) is 10.4 Å². The summed E-state index contributed by atoms with van der Waals surface area (Å²) in [5, 5.41) is 4.18. The van der Waals surface area contributed by atoms with Gasteiger partial charge in [-0.05, 0) is 31.2 Å². The Kier molecular flexibility index (Phi) is 4.47. The first-order chi connectivity index (χ1) is 9.88. The van der Waals surface area contributed by atoms with E-state index in [2.05, 4.69) is 15.5 Å². The molecule has 1 aromatic carbocycles. The van der Waals surface area contributed by atoms with E-state index in [1.807, 2.05) is 0 Å². The molecule has 0 atom stereocenters. The minimum atomic E-state index is -4.43. The number of pyridine rings is 1. The van der Waals surface area contributed by atoms with Crippen LogP contribution in [0.2, 0.25) is 5.02 Å². The number of nitrogens with zero attached hydrogens (tertiary/aromatic N) is 2. The summed E-state index contributed by atoms with van der Waals surface area (Å²) >= 11 is 5.86. The molecular formula is C14H11ClF3N3. The molecule has 0 amide bonds. The molecule has 1 aromatic heterocycles. The van der Waals surface area contributed by atoms with Crippen molar-refractivity contribution in [3.63, 3.8) is 0 Å². The van der Waals surface area contributed by atoms with Crippen molar-refractivity contribution < 1.29 is 13.2 Å². The third-order valence-electron chi connectivity index (χ3n) is 2.72. The van der Waals surface area contributed by atoms with Gasteiger partial charge >= 0.3 is 6.18 Å². The number of nitrogens with one attached hydrogen (secondary N) is 1. The van der Waals surface area contributed by atoms with E-state index < -0.39 is 11.7 Å². The van der Waals surface area contributed by atoms with Gasteiger partial charge in [0.2, 0.25) is 0 Å². The Labute approximate surface area is 124 Å². The van der Waals surface area contributed by atoms with E-state index in [0.717, 1.165) is 17.7 Å². The van der Waals surface area contributed by atoms with Gasteiger partial charge in [-0.15, -0.1) is 0 Å². The van der Waals surface area contributed by atoms with Crippen molar-refractivity contribution >= 4 is 23.0 Å². The van der Waals surface area contributed by atoms with Gasteiger partial charge in [-0.1, -0.05) is 17.7 Å². The van der Waals surface area contributed by atoms with E-state index in [-0.39, 0.29) is 10.7 Å². The molecule has 0 aliphatic rings. The Morgan fingerprint density at radius 1 is 1.29 bits per heavy atom. The second kappa shape index (κ2) is 6.13. The number of hydrazone groups is 1. The van der Waals surface area contributed by atoms with E-state index in [4.69, 9.17) is 11.6 Å². The van der Waals surface area contributed by atoms with Crippen LogP contribution in [0, 0.1) is 0 Å². The molecule has 0 saturated heterocycles. The topological polar surface area (TPSA) is 37.3 Å². The van der Waals surface area contributed by atoms with Crippen LogP contribution >= 0.6 is 11.6 Å². The molecule has 0 radical (unpaired) electrons. The summed E-state index contributed by atoms with van der Waals surface area (Å²) < 4.78 is 37.9. The van der Waals surface area contributed by atoms with E-state index in [0.29, 0.717) is 5.71 Å². The van der Waals surface area contributed by atoms with Gasteiger partial charge in [0.1, 0.15) is 0 Å². The van der Waals surface area contributed by atoms with Gasteiger partial charge in [0.15, 0.2) is 0 Å². The summed E-state index contributed by atoms with van der Waals surface area (Å²) in [4.78, 5) is 3.94. The monoisotopic (exact) mass is 313 g/mol. The molecule has 0 aliphatic carbocycles. The van der Waals surface area contributed by atoms with Crippen LogP contribution in [0.25, 0.3) is 0 Å². The molecule has 0 aliphatic heterocycles. The lowest BCUT2D eigenvalue weighted by atomic mass is 10.2. The van der Waals surface area contributed by atoms with Crippen LogP contribution in [0.5, 0.6) is 0 Å². The van der Waals surface area contributed by atoms with E-state index in [9.17, 15) is 13.2 Å². The molecule has 3 nitrogen and oxygen atoms in total. The van der Waals surface area contributed by atoms with Crippen LogP contribution in [0.1, 0.15) is 18.1 Å². The third-order valence-corrected chi connectivity index (χ3v) is 3.05. The third kappa shape index (κ3) is 3.95. The van der Waals surface area contributed by atoms with Crippen molar-refractivity contribution in [2.45, 2.75) is 13.1 Å². The fraction of sp³-hybridized carbons (Fsp3) is 0.143. The average molecular weight is 314 g/mol. The van der Waals surface area contributed by atoms with Crippen molar-refractivity contribution in [2.24, 2.45) is 5.10 Å². The number of benzene rings is 1. The number of hydrogen-bond acceptors (Lipinski definition) is 3. The number of halogens is 4. The number of alkyl halides is 3. The predicted octanol–water partition coefficient (Wildman–Crippen LogP) is 4.59. The molecule has 2 aromatic rings. The molecule has 7 heteroatoms. The lowest BCUT2D eigenvalue weighted by molar-refractivity contribution is -0.137. The first kappa shape index (κ1) is 15.3. The first-order valence-corrected chi connectivity index (χ1v) is 6.33. The van der Waals surface area contributed by atoms with Gasteiger partial charge < -0.3 is 0 Å². The highest BCUT2D eigenvalue weighted by atomic mass is 35.5. The van der Waals surface area contributed by atoms with Gasteiger partial charge in [-0.2, -0.15) is 18.3 Å². The van der Waals surface area contributed by atoms with E-state index in [1.165, 1.54) is 6.07 Å². The molecule has 2 rings (SSSR count). The zero-order chi connectivity index (χ0) is 15.5. The SMILES string of the molecule is C/C(=N/Nc1cc(C(F)(F)F)ccc1Cl)c1cccnc1. The maximum atomic E-state index is 12.6. The van der Waals surface area contributed by atoms with E-state index >= 15 is 0 Å². The molecular weight excluding hydrogens is 303 g/mol. The smallest absolute Gasteiger partial charge is 0.277 e. The Hall–Kier alpha value is -2.08. The number of anilines is 1. The zero-order valence-electron chi connectivity index (χ0n) is 10.9. The number of aromatic nitrogens is 1. The fourth-order valence-electron chi connectivity index (χ4n) is 1.57.